The predicted molar refractivity (Wildman–Crippen MR) is 100 cm³/mol. The average Bonchev–Trinajstić information content (AvgIpc) is 2.95. The summed E-state index contributed by atoms with van der Waals surface area (Å²) >= 11 is 0. The second-order valence-electron chi connectivity index (χ2n) is 7.13. The van der Waals surface area contributed by atoms with Crippen LogP contribution in [0.2, 0.25) is 0 Å². The largest absolute Gasteiger partial charge is 0.466 e. The summed E-state index contributed by atoms with van der Waals surface area (Å²) in [5.41, 5.74) is 2.15. The zero-order valence-corrected chi connectivity index (χ0v) is 16.9. The summed E-state index contributed by atoms with van der Waals surface area (Å²) < 4.78 is 10.2. The Bertz CT molecular complexity index is 709. The topological polar surface area (TPSA) is 89.9 Å². The number of aromatic amines is 1. The summed E-state index contributed by atoms with van der Waals surface area (Å²) in [6.07, 6.45) is 1.68. The summed E-state index contributed by atoms with van der Waals surface area (Å²) in [5.74, 6) is -0.801. The van der Waals surface area contributed by atoms with Gasteiger partial charge in [-0.2, -0.15) is 0 Å². The fourth-order valence-corrected chi connectivity index (χ4v) is 3.86. The molecule has 27 heavy (non-hydrogen) atoms. The van der Waals surface area contributed by atoms with Crippen LogP contribution < -0.4 is 4.90 Å². The molecule has 1 aliphatic heterocycles. The standard InChI is InChI=1S/C20H30N2O5/c1-6-26-19(24)15-9-8-10-22(11-15)14(5)18(23)17-12(3)16(13(4)21-17)20(25)27-7-2/h14-15,21H,6-11H2,1-5H3/p+1/t14-,15+/m1/s1. The van der Waals surface area contributed by atoms with E-state index in [0.717, 1.165) is 24.3 Å². The number of aryl methyl sites for hydroxylation is 1. The molecule has 2 rings (SSSR count). The molecule has 2 N–H and O–H groups in total. The highest BCUT2D eigenvalue weighted by Gasteiger charge is 2.36. The number of likely N-dealkylation sites (tertiary alicyclic amines) is 1. The third-order valence-corrected chi connectivity index (χ3v) is 5.35. The van der Waals surface area contributed by atoms with Gasteiger partial charge >= 0.3 is 11.9 Å². The van der Waals surface area contributed by atoms with Gasteiger partial charge in [0.05, 0.1) is 37.6 Å². The Morgan fingerprint density at radius 3 is 2.48 bits per heavy atom. The monoisotopic (exact) mass is 379 g/mol. The van der Waals surface area contributed by atoms with Gasteiger partial charge < -0.3 is 19.4 Å². The first-order valence-electron chi connectivity index (χ1n) is 9.73. The normalized spacial score (nSPS) is 20.8. The molecule has 0 bridgehead atoms. The van der Waals surface area contributed by atoms with Crippen molar-refractivity contribution in [2.75, 3.05) is 26.3 Å². The Morgan fingerprint density at radius 1 is 1.19 bits per heavy atom. The number of ketones is 1. The third-order valence-electron chi connectivity index (χ3n) is 5.35. The average molecular weight is 379 g/mol. The third kappa shape index (κ3) is 4.58. The molecule has 150 valence electrons. The van der Waals surface area contributed by atoms with E-state index >= 15 is 0 Å². The number of rotatable bonds is 7. The van der Waals surface area contributed by atoms with Crippen LogP contribution in [0.3, 0.4) is 0 Å². The number of esters is 2. The van der Waals surface area contributed by atoms with Gasteiger partial charge in [-0.15, -0.1) is 0 Å². The maximum atomic E-state index is 13.1. The van der Waals surface area contributed by atoms with Crippen molar-refractivity contribution in [2.24, 2.45) is 5.92 Å². The summed E-state index contributed by atoms with van der Waals surface area (Å²) in [7, 11) is 0. The molecule has 7 nitrogen and oxygen atoms in total. The maximum absolute atomic E-state index is 13.1. The Morgan fingerprint density at radius 2 is 1.85 bits per heavy atom. The molecule has 0 aromatic carbocycles. The molecular weight excluding hydrogens is 348 g/mol. The first kappa shape index (κ1) is 21.2. The van der Waals surface area contributed by atoms with E-state index in [0.29, 0.717) is 35.7 Å². The Labute approximate surface area is 160 Å². The quantitative estimate of drug-likeness (QED) is 0.550. The van der Waals surface area contributed by atoms with E-state index in [4.69, 9.17) is 9.47 Å². The van der Waals surface area contributed by atoms with Crippen molar-refractivity contribution < 1.29 is 28.8 Å². The maximum Gasteiger partial charge on any atom is 0.340 e. The second kappa shape index (κ2) is 9.17. The molecule has 0 saturated carbocycles. The molecule has 0 radical (unpaired) electrons. The van der Waals surface area contributed by atoms with Crippen LogP contribution in [0.4, 0.5) is 0 Å². The summed E-state index contributed by atoms with van der Waals surface area (Å²) in [5, 5.41) is 0. The van der Waals surface area contributed by atoms with E-state index in [2.05, 4.69) is 4.98 Å². The van der Waals surface area contributed by atoms with Crippen molar-refractivity contribution in [3.05, 3.63) is 22.5 Å². The SMILES string of the molecule is CCOC(=O)c1c(C)[nH]c(C(=O)[C@@H](C)[NH+]2CCC[C@H](C(=O)OCC)C2)c1C. The predicted octanol–water partition coefficient (Wildman–Crippen LogP) is 1.24. The smallest absolute Gasteiger partial charge is 0.340 e. The van der Waals surface area contributed by atoms with Crippen LogP contribution in [0, 0.1) is 19.8 Å². The van der Waals surface area contributed by atoms with Gasteiger partial charge in [-0.3, -0.25) is 9.59 Å². The van der Waals surface area contributed by atoms with Gasteiger partial charge in [0.15, 0.2) is 6.04 Å². The van der Waals surface area contributed by atoms with Crippen molar-refractivity contribution in [3.63, 3.8) is 0 Å². The Balaban J connectivity index is 2.16. The molecule has 0 spiro atoms. The van der Waals surface area contributed by atoms with Gasteiger partial charge in [0.25, 0.3) is 0 Å². The van der Waals surface area contributed by atoms with E-state index < -0.39 is 5.97 Å². The molecule has 0 aliphatic carbocycles. The Kier molecular flexibility index (Phi) is 7.18. The minimum absolute atomic E-state index is 0.0503. The fourth-order valence-electron chi connectivity index (χ4n) is 3.86. The van der Waals surface area contributed by atoms with Crippen molar-refractivity contribution >= 4 is 17.7 Å². The molecule has 3 atom stereocenters. The first-order chi connectivity index (χ1) is 12.8. The molecular formula is C20H31N2O5+. The molecule has 1 aliphatic rings. The van der Waals surface area contributed by atoms with Gasteiger partial charge in [0, 0.05) is 5.69 Å². The number of ether oxygens (including phenoxy) is 2. The van der Waals surface area contributed by atoms with Crippen molar-refractivity contribution in [1.29, 1.82) is 0 Å². The summed E-state index contributed by atoms with van der Waals surface area (Å²) in [6, 6.07) is -0.311. The van der Waals surface area contributed by atoms with Gasteiger partial charge in [-0.05, 0) is 53.0 Å². The molecule has 0 amide bonds. The summed E-state index contributed by atoms with van der Waals surface area (Å²) in [4.78, 5) is 41.5. The number of Topliss-reactive ketones (excluding diaryl/α,β-unsaturated/α-hetero) is 1. The number of aromatic nitrogens is 1. The molecule has 1 fully saturated rings. The van der Waals surface area contributed by atoms with E-state index in [1.165, 1.54) is 0 Å². The number of nitrogens with one attached hydrogen (secondary N) is 2. The van der Waals surface area contributed by atoms with E-state index in [1.807, 2.05) is 6.92 Å². The lowest BCUT2D eigenvalue weighted by atomic mass is 9.95. The second-order valence-corrected chi connectivity index (χ2v) is 7.13. The van der Waals surface area contributed by atoms with Crippen LogP contribution >= 0.6 is 0 Å². The zero-order valence-electron chi connectivity index (χ0n) is 16.9. The van der Waals surface area contributed by atoms with Crippen LogP contribution in [0.1, 0.15) is 65.7 Å². The number of H-pyrrole nitrogens is 1. The first-order valence-corrected chi connectivity index (χ1v) is 9.73. The fraction of sp³-hybridized carbons (Fsp3) is 0.650. The van der Waals surface area contributed by atoms with Gasteiger partial charge in [-0.1, -0.05) is 0 Å². The number of hydrogen-bond acceptors (Lipinski definition) is 5. The molecule has 1 aromatic rings. The highest BCUT2D eigenvalue weighted by Crippen LogP contribution is 2.20. The minimum Gasteiger partial charge on any atom is -0.466 e. The molecule has 1 unspecified atom stereocenters. The van der Waals surface area contributed by atoms with Gasteiger partial charge in [-0.25, -0.2) is 4.79 Å². The Hall–Kier alpha value is -2.15. The highest BCUT2D eigenvalue weighted by molar-refractivity contribution is 6.03. The highest BCUT2D eigenvalue weighted by atomic mass is 16.5. The molecule has 1 saturated heterocycles. The summed E-state index contributed by atoms with van der Waals surface area (Å²) in [6.45, 7) is 11.1. The van der Waals surface area contributed by atoms with Gasteiger partial charge in [0.1, 0.15) is 5.92 Å². The molecule has 2 heterocycles. The number of carbonyl (C=O) groups excluding carboxylic acids is 3. The van der Waals surface area contributed by atoms with Crippen LogP contribution in [-0.2, 0) is 14.3 Å². The van der Waals surface area contributed by atoms with Crippen molar-refractivity contribution in [1.82, 2.24) is 4.98 Å². The van der Waals surface area contributed by atoms with Crippen LogP contribution in [0.5, 0.6) is 0 Å². The number of quaternary nitrogens is 1. The zero-order chi connectivity index (χ0) is 20.1. The van der Waals surface area contributed by atoms with Crippen molar-refractivity contribution in [2.45, 2.75) is 53.5 Å². The van der Waals surface area contributed by atoms with E-state index in [9.17, 15) is 14.4 Å². The van der Waals surface area contributed by atoms with Crippen LogP contribution in [-0.4, -0.2) is 55.1 Å². The van der Waals surface area contributed by atoms with Crippen molar-refractivity contribution in [3.8, 4) is 0 Å². The lowest BCUT2D eigenvalue weighted by Crippen LogP contribution is -3.18. The molecule has 1 aromatic heterocycles. The minimum atomic E-state index is -0.414. The van der Waals surface area contributed by atoms with Crippen LogP contribution in [0.15, 0.2) is 0 Å². The number of piperidine rings is 1. The van der Waals surface area contributed by atoms with Crippen LogP contribution in [0.25, 0.3) is 0 Å². The number of carbonyl (C=O) groups is 3. The van der Waals surface area contributed by atoms with Gasteiger partial charge in [0.2, 0.25) is 5.78 Å². The van der Waals surface area contributed by atoms with E-state index in [1.54, 1.807) is 27.7 Å². The lowest BCUT2D eigenvalue weighted by Gasteiger charge is -2.32. The molecule has 7 heteroatoms. The lowest BCUT2D eigenvalue weighted by molar-refractivity contribution is -0.920. The number of hydrogen-bond donors (Lipinski definition) is 2. The van der Waals surface area contributed by atoms with E-state index in [-0.39, 0.29) is 30.3 Å².